The van der Waals surface area contributed by atoms with Crippen molar-refractivity contribution in [3.63, 3.8) is 0 Å². The van der Waals surface area contributed by atoms with Crippen LogP contribution in [0.5, 0.6) is 5.75 Å². The smallest absolute Gasteiger partial charge is 0.335 e. The van der Waals surface area contributed by atoms with Gasteiger partial charge in [0.1, 0.15) is 11.3 Å². The predicted octanol–water partition coefficient (Wildman–Crippen LogP) is 5.33. The number of hydrogen-bond acceptors (Lipinski definition) is 4. The molecular formula is C27H23BrN2O4. The molecule has 1 saturated heterocycles. The lowest BCUT2D eigenvalue weighted by Gasteiger charge is -2.27. The highest BCUT2D eigenvalue weighted by Gasteiger charge is 2.36. The summed E-state index contributed by atoms with van der Waals surface area (Å²) in [5, 5.41) is 2.26. The molecule has 1 aliphatic rings. The van der Waals surface area contributed by atoms with E-state index in [0.717, 1.165) is 31.6 Å². The fraction of sp³-hybridized carbons (Fsp3) is 0.148. The Bertz CT molecular complexity index is 1350. The van der Waals surface area contributed by atoms with E-state index >= 15 is 0 Å². The molecule has 3 aromatic carbocycles. The number of nitrogens with one attached hydrogen (secondary N) is 1. The first-order valence-electron chi connectivity index (χ1n) is 10.7. The van der Waals surface area contributed by atoms with E-state index in [1.54, 1.807) is 25.3 Å². The van der Waals surface area contributed by atoms with Crippen molar-refractivity contribution in [1.29, 1.82) is 0 Å². The lowest BCUT2D eigenvalue weighted by atomic mass is 10.0. The minimum atomic E-state index is -0.767. The monoisotopic (exact) mass is 518 g/mol. The van der Waals surface area contributed by atoms with E-state index < -0.39 is 17.8 Å². The van der Waals surface area contributed by atoms with Gasteiger partial charge < -0.3 is 4.74 Å². The molecule has 1 N–H and O–H groups in total. The predicted molar refractivity (Wildman–Crippen MR) is 135 cm³/mol. The number of urea groups is 1. The van der Waals surface area contributed by atoms with Gasteiger partial charge in [-0.25, -0.2) is 9.69 Å². The number of benzene rings is 3. The van der Waals surface area contributed by atoms with Gasteiger partial charge in [-0.2, -0.15) is 0 Å². The van der Waals surface area contributed by atoms with Crippen molar-refractivity contribution in [2.75, 3.05) is 12.0 Å². The van der Waals surface area contributed by atoms with Gasteiger partial charge in [-0.15, -0.1) is 0 Å². The molecule has 0 aliphatic carbocycles. The Morgan fingerprint density at radius 3 is 2.41 bits per heavy atom. The number of methoxy groups -OCH3 is 1. The van der Waals surface area contributed by atoms with Crippen molar-refractivity contribution >= 4 is 45.5 Å². The van der Waals surface area contributed by atoms with Crippen molar-refractivity contribution in [2.45, 2.75) is 20.3 Å². The van der Waals surface area contributed by atoms with Gasteiger partial charge in [-0.1, -0.05) is 52.3 Å². The summed E-state index contributed by atoms with van der Waals surface area (Å²) in [6, 6.07) is 17.9. The van der Waals surface area contributed by atoms with Crippen molar-refractivity contribution in [3.8, 4) is 5.75 Å². The molecule has 0 atom stereocenters. The summed E-state index contributed by atoms with van der Waals surface area (Å²) in [7, 11) is 1.58. The minimum Gasteiger partial charge on any atom is -0.496 e. The van der Waals surface area contributed by atoms with Crippen LogP contribution in [0.25, 0.3) is 6.08 Å². The number of amides is 4. The fourth-order valence-electron chi connectivity index (χ4n) is 3.77. The number of aryl methyl sites for hydroxylation is 2. The average molecular weight is 519 g/mol. The first-order valence-corrected chi connectivity index (χ1v) is 11.5. The highest BCUT2D eigenvalue weighted by atomic mass is 79.9. The molecule has 3 aromatic rings. The molecule has 0 bridgehead atoms. The van der Waals surface area contributed by atoms with E-state index in [1.165, 1.54) is 6.08 Å². The molecule has 4 rings (SSSR count). The Hall–Kier alpha value is -3.71. The van der Waals surface area contributed by atoms with Crippen LogP contribution in [0.1, 0.15) is 27.8 Å². The van der Waals surface area contributed by atoms with Gasteiger partial charge in [-0.05, 0) is 72.0 Å². The fourth-order valence-corrected chi connectivity index (χ4v) is 4.19. The normalized spacial score (nSPS) is 15.0. The summed E-state index contributed by atoms with van der Waals surface area (Å²) < 4.78 is 6.58. The van der Waals surface area contributed by atoms with Crippen LogP contribution in [0.2, 0.25) is 0 Å². The van der Waals surface area contributed by atoms with Gasteiger partial charge in [0.15, 0.2) is 0 Å². The van der Waals surface area contributed by atoms with Crippen molar-refractivity contribution in [2.24, 2.45) is 0 Å². The topological polar surface area (TPSA) is 75.7 Å². The molecule has 1 fully saturated rings. The van der Waals surface area contributed by atoms with Gasteiger partial charge in [0, 0.05) is 10.9 Å². The molecule has 0 radical (unpaired) electrons. The molecule has 6 nitrogen and oxygen atoms in total. The van der Waals surface area contributed by atoms with Gasteiger partial charge in [0.25, 0.3) is 11.8 Å². The summed E-state index contributed by atoms with van der Waals surface area (Å²) in [5.41, 5.74) is 4.93. The van der Waals surface area contributed by atoms with Crippen molar-refractivity contribution < 1.29 is 19.1 Å². The summed E-state index contributed by atoms with van der Waals surface area (Å²) in [6.45, 7) is 3.84. The highest BCUT2D eigenvalue weighted by molar-refractivity contribution is 9.10. The zero-order chi connectivity index (χ0) is 24.4. The molecule has 0 saturated carbocycles. The lowest BCUT2D eigenvalue weighted by Crippen LogP contribution is -2.54. The largest absolute Gasteiger partial charge is 0.496 e. The van der Waals surface area contributed by atoms with E-state index in [4.69, 9.17) is 4.74 Å². The number of anilines is 1. The third-order valence-electron chi connectivity index (χ3n) is 5.81. The molecule has 34 heavy (non-hydrogen) atoms. The first kappa shape index (κ1) is 23.4. The summed E-state index contributed by atoms with van der Waals surface area (Å²) in [6.07, 6.45) is 2.12. The Labute approximate surface area is 206 Å². The number of ether oxygens (including phenoxy) is 1. The Morgan fingerprint density at radius 1 is 0.941 bits per heavy atom. The highest BCUT2D eigenvalue weighted by Crippen LogP contribution is 2.28. The molecule has 172 valence electrons. The van der Waals surface area contributed by atoms with Crippen LogP contribution in [0.15, 0.2) is 70.7 Å². The van der Waals surface area contributed by atoms with Crippen LogP contribution in [0.4, 0.5) is 10.5 Å². The Balaban J connectivity index is 1.67. The Morgan fingerprint density at radius 2 is 1.71 bits per heavy atom. The second kappa shape index (κ2) is 9.65. The number of hydrogen-bond donors (Lipinski definition) is 1. The zero-order valence-electron chi connectivity index (χ0n) is 19.0. The molecule has 0 unspecified atom stereocenters. The molecule has 1 aliphatic heterocycles. The quantitative estimate of drug-likeness (QED) is 0.365. The lowest BCUT2D eigenvalue weighted by molar-refractivity contribution is -0.122. The van der Waals surface area contributed by atoms with Gasteiger partial charge in [0.2, 0.25) is 0 Å². The molecule has 0 spiro atoms. The maximum Gasteiger partial charge on any atom is 0.335 e. The first-order chi connectivity index (χ1) is 16.3. The van der Waals surface area contributed by atoms with Crippen LogP contribution >= 0.6 is 15.9 Å². The van der Waals surface area contributed by atoms with Crippen LogP contribution in [0.3, 0.4) is 0 Å². The summed E-state index contributed by atoms with van der Waals surface area (Å²) >= 11 is 3.57. The standard InChI is InChI=1S/C27H23BrN2O4/c1-16-8-11-21(12-17(16)2)30-26(32)22(25(31)29-27(30)33)13-18-9-10-20(24(14-18)34-3)15-19-6-4-5-7-23(19)28/h4-14H,15H2,1-3H3,(H,29,31,33)/b22-13+. The average Bonchev–Trinajstić information content (AvgIpc) is 2.81. The second-order valence-corrected chi connectivity index (χ2v) is 8.92. The molecular weight excluding hydrogens is 496 g/mol. The number of barbiturate groups is 1. The van der Waals surface area contributed by atoms with Gasteiger partial charge in [0.05, 0.1) is 12.8 Å². The van der Waals surface area contributed by atoms with Crippen LogP contribution in [-0.2, 0) is 16.0 Å². The molecule has 4 amide bonds. The number of halogens is 1. The number of carbonyl (C=O) groups is 3. The van der Waals surface area contributed by atoms with Crippen molar-refractivity contribution in [1.82, 2.24) is 5.32 Å². The number of carbonyl (C=O) groups excluding carboxylic acids is 3. The zero-order valence-corrected chi connectivity index (χ0v) is 20.6. The van der Waals surface area contributed by atoms with E-state index in [0.29, 0.717) is 23.4 Å². The van der Waals surface area contributed by atoms with E-state index in [1.807, 2.05) is 56.3 Å². The summed E-state index contributed by atoms with van der Waals surface area (Å²) in [4.78, 5) is 39.2. The van der Waals surface area contributed by atoms with Crippen molar-refractivity contribution in [3.05, 3.63) is 98.5 Å². The molecule has 7 heteroatoms. The SMILES string of the molecule is COc1cc(/C=C2\C(=O)NC(=O)N(c3ccc(C)c(C)c3)C2=O)ccc1Cc1ccccc1Br. The van der Waals surface area contributed by atoms with E-state index in [9.17, 15) is 14.4 Å². The summed E-state index contributed by atoms with van der Waals surface area (Å²) in [5.74, 6) is -0.768. The number of rotatable bonds is 5. The molecule has 0 aromatic heterocycles. The third-order valence-corrected chi connectivity index (χ3v) is 6.58. The number of imide groups is 2. The van der Waals surface area contributed by atoms with E-state index in [-0.39, 0.29) is 5.57 Å². The Kier molecular flexibility index (Phi) is 6.65. The maximum absolute atomic E-state index is 13.2. The third kappa shape index (κ3) is 4.65. The minimum absolute atomic E-state index is 0.126. The van der Waals surface area contributed by atoms with Crippen LogP contribution in [-0.4, -0.2) is 25.0 Å². The van der Waals surface area contributed by atoms with Crippen LogP contribution in [0, 0.1) is 13.8 Å². The maximum atomic E-state index is 13.2. The van der Waals surface area contributed by atoms with E-state index in [2.05, 4.69) is 21.2 Å². The van der Waals surface area contributed by atoms with Crippen LogP contribution < -0.4 is 15.0 Å². The molecule has 1 heterocycles. The van der Waals surface area contributed by atoms with Gasteiger partial charge in [-0.3, -0.25) is 14.9 Å². The van der Waals surface area contributed by atoms with Gasteiger partial charge >= 0.3 is 6.03 Å². The number of nitrogens with zero attached hydrogens (tertiary/aromatic N) is 1. The second-order valence-electron chi connectivity index (χ2n) is 8.07.